The van der Waals surface area contributed by atoms with Crippen molar-refractivity contribution in [1.29, 1.82) is 0 Å². The monoisotopic (exact) mass is 503 g/mol. The molecule has 37 heavy (non-hydrogen) atoms. The first-order valence-electron chi connectivity index (χ1n) is 13.1. The first kappa shape index (κ1) is 25.3. The Morgan fingerprint density at radius 3 is 1.84 bits per heavy atom. The van der Waals surface area contributed by atoms with Crippen molar-refractivity contribution in [2.45, 2.75) is 51.0 Å². The van der Waals surface area contributed by atoms with E-state index in [9.17, 15) is 17.3 Å². The summed E-state index contributed by atoms with van der Waals surface area (Å²) in [5, 5.41) is 0. The van der Waals surface area contributed by atoms with E-state index in [-0.39, 0.29) is 0 Å². The summed E-state index contributed by atoms with van der Waals surface area (Å²) < 4.78 is 41.7. The number of nitrogens with zero attached hydrogens (tertiary/aromatic N) is 1. The molecule has 0 unspecified atom stereocenters. The lowest BCUT2D eigenvalue weighted by molar-refractivity contribution is -0.705. The van der Waals surface area contributed by atoms with E-state index in [0.717, 1.165) is 12.8 Å². The summed E-state index contributed by atoms with van der Waals surface area (Å²) in [6.07, 6.45) is 8.84. The van der Waals surface area contributed by atoms with E-state index in [1.807, 2.05) is 0 Å². The van der Waals surface area contributed by atoms with Crippen molar-refractivity contribution in [2.75, 3.05) is 0 Å². The molecule has 0 amide bonds. The highest BCUT2D eigenvalue weighted by atomic mass is 19.5. The molecular weight excluding hydrogens is 473 g/mol. The van der Waals surface area contributed by atoms with Crippen LogP contribution in [-0.4, -0.2) is 7.25 Å². The molecule has 0 radical (unpaired) electrons. The molecule has 0 bridgehead atoms. The van der Waals surface area contributed by atoms with Crippen LogP contribution >= 0.6 is 0 Å². The lowest BCUT2D eigenvalue weighted by Crippen LogP contribution is -2.46. The van der Waals surface area contributed by atoms with Crippen molar-refractivity contribution >= 4 is 7.25 Å². The summed E-state index contributed by atoms with van der Waals surface area (Å²) in [6, 6.07) is 34.2. The number of pyridine rings is 1. The molecule has 2 aliphatic carbocycles. The second kappa shape index (κ2) is 10.9. The fourth-order valence-electron chi connectivity index (χ4n) is 5.89. The van der Waals surface area contributed by atoms with E-state index in [4.69, 9.17) is 0 Å². The van der Waals surface area contributed by atoms with E-state index >= 15 is 0 Å². The van der Waals surface area contributed by atoms with Gasteiger partial charge in [0.05, 0.1) is 0 Å². The first-order chi connectivity index (χ1) is 17.9. The van der Waals surface area contributed by atoms with Gasteiger partial charge in [-0.3, -0.25) is 0 Å². The maximum Gasteiger partial charge on any atom is 0.673 e. The van der Waals surface area contributed by atoms with Crippen molar-refractivity contribution in [2.24, 2.45) is 0 Å². The van der Waals surface area contributed by atoms with Crippen molar-refractivity contribution in [3.8, 4) is 33.6 Å². The predicted octanol–water partition coefficient (Wildman–Crippen LogP) is 8.88. The third-order valence-corrected chi connectivity index (χ3v) is 7.40. The van der Waals surface area contributed by atoms with Gasteiger partial charge in [-0.1, -0.05) is 73.2 Å². The Bertz CT molecular complexity index is 1340. The van der Waals surface area contributed by atoms with Crippen molar-refractivity contribution in [3.63, 3.8) is 0 Å². The van der Waals surface area contributed by atoms with Gasteiger partial charge >= 0.3 is 7.25 Å². The summed E-state index contributed by atoms with van der Waals surface area (Å²) >= 11 is 0. The van der Waals surface area contributed by atoms with Gasteiger partial charge in [0, 0.05) is 35.6 Å². The summed E-state index contributed by atoms with van der Waals surface area (Å²) in [7, 11) is -6.00. The van der Waals surface area contributed by atoms with E-state index < -0.39 is 7.25 Å². The number of benzene rings is 3. The predicted molar refractivity (Wildman–Crippen MR) is 143 cm³/mol. The molecule has 0 atom stereocenters. The third kappa shape index (κ3) is 5.79. The van der Waals surface area contributed by atoms with Crippen LogP contribution < -0.4 is 4.57 Å². The van der Waals surface area contributed by atoms with Gasteiger partial charge in [-0.05, 0) is 60.6 Å². The van der Waals surface area contributed by atoms with E-state index in [1.165, 1.54) is 76.9 Å². The molecule has 1 aromatic heterocycles. The molecule has 6 heteroatoms. The normalized spacial score (nSPS) is 15.2. The average molecular weight is 503 g/mol. The van der Waals surface area contributed by atoms with Crippen molar-refractivity contribution in [3.05, 3.63) is 102 Å². The van der Waals surface area contributed by atoms with Gasteiger partial charge in [-0.2, -0.15) is 4.57 Å². The fraction of sp³-hybridized carbons (Fsp3) is 0.258. The Kier molecular flexibility index (Phi) is 7.45. The van der Waals surface area contributed by atoms with Gasteiger partial charge in [0.15, 0.2) is 6.04 Å². The van der Waals surface area contributed by atoms with Crippen LogP contribution in [0.25, 0.3) is 33.6 Å². The molecule has 0 aliphatic heterocycles. The summed E-state index contributed by atoms with van der Waals surface area (Å²) in [5.41, 5.74) is 11.4. The Morgan fingerprint density at radius 2 is 1.19 bits per heavy atom. The lowest BCUT2D eigenvalue weighted by Gasteiger charge is -2.27. The number of aromatic nitrogens is 1. The van der Waals surface area contributed by atoms with Gasteiger partial charge in [0.2, 0.25) is 11.4 Å². The smallest absolute Gasteiger partial charge is 0.418 e. The zero-order chi connectivity index (χ0) is 25.8. The molecule has 0 N–H and O–H groups in total. The average Bonchev–Trinajstić information content (AvgIpc) is 2.92. The van der Waals surface area contributed by atoms with Gasteiger partial charge in [-0.25, -0.2) is 0 Å². The quantitative estimate of drug-likeness (QED) is 0.149. The van der Waals surface area contributed by atoms with Crippen LogP contribution in [0.4, 0.5) is 17.3 Å². The zero-order valence-electron chi connectivity index (χ0n) is 20.7. The Morgan fingerprint density at radius 1 is 0.622 bits per heavy atom. The molecule has 1 nitrogen and oxygen atoms in total. The SMILES string of the molecule is F[B-](F)(F)F.c1ccc(-c2cc(-c3ccccc3)[n+](C3CCCCC3)c3c2CCc2ccccc2-3)cc1. The molecule has 3 aromatic carbocycles. The molecule has 1 saturated carbocycles. The van der Waals surface area contributed by atoms with Gasteiger partial charge < -0.3 is 17.3 Å². The maximum absolute atomic E-state index is 9.75. The van der Waals surface area contributed by atoms with E-state index in [0.29, 0.717) is 6.04 Å². The van der Waals surface area contributed by atoms with Gasteiger partial charge in [0.1, 0.15) is 0 Å². The molecule has 0 spiro atoms. The molecule has 2 aliphatic rings. The van der Waals surface area contributed by atoms with Crippen LogP contribution in [0.3, 0.4) is 0 Å². The lowest BCUT2D eigenvalue weighted by atomic mass is 9.82. The van der Waals surface area contributed by atoms with Gasteiger partial charge in [0.25, 0.3) is 0 Å². The summed E-state index contributed by atoms with van der Waals surface area (Å²) in [6.45, 7) is 0. The minimum Gasteiger partial charge on any atom is -0.418 e. The van der Waals surface area contributed by atoms with Crippen molar-refractivity contribution in [1.82, 2.24) is 0 Å². The van der Waals surface area contributed by atoms with Crippen molar-refractivity contribution < 1.29 is 21.8 Å². The zero-order valence-corrected chi connectivity index (χ0v) is 20.7. The molecule has 190 valence electrons. The molecule has 0 saturated heterocycles. The standard InChI is InChI=1S/C31H30N.BF4/c1-4-12-23(13-5-1)29-22-30(25-15-6-2-7-16-25)32(26-17-8-3-9-18-26)31-27-19-11-10-14-24(27)20-21-28(29)31;2-1(3,4)5/h1-2,4-7,10-16,19,22,26H,3,8-9,17-18,20-21H2;/q+1;-1. The Balaban J connectivity index is 0.000000514. The minimum absolute atomic E-state index is 0.573. The largest absolute Gasteiger partial charge is 0.673 e. The highest BCUT2D eigenvalue weighted by Gasteiger charge is 2.36. The highest BCUT2D eigenvalue weighted by Crippen LogP contribution is 2.41. The number of fused-ring (bicyclic) bond motifs is 3. The topological polar surface area (TPSA) is 3.88 Å². The Hall–Kier alpha value is -3.41. The summed E-state index contributed by atoms with van der Waals surface area (Å²) in [4.78, 5) is 0. The van der Waals surface area contributed by atoms with E-state index in [2.05, 4.69) is 95.6 Å². The van der Waals surface area contributed by atoms with Crippen LogP contribution in [0.1, 0.15) is 49.3 Å². The van der Waals surface area contributed by atoms with Gasteiger partial charge in [-0.15, -0.1) is 0 Å². The first-order valence-corrected chi connectivity index (χ1v) is 13.1. The second-order valence-electron chi connectivity index (χ2n) is 9.82. The maximum atomic E-state index is 9.75. The van der Waals surface area contributed by atoms with E-state index in [1.54, 1.807) is 0 Å². The molecule has 1 heterocycles. The number of rotatable bonds is 3. The molecule has 4 aromatic rings. The molecular formula is C31H30BF4N. The van der Waals surface area contributed by atoms with Crippen LogP contribution in [0, 0.1) is 0 Å². The fourth-order valence-corrected chi connectivity index (χ4v) is 5.89. The number of hydrogen-bond acceptors (Lipinski definition) is 0. The summed E-state index contributed by atoms with van der Waals surface area (Å²) in [5.74, 6) is 0. The van der Waals surface area contributed by atoms with Crippen LogP contribution in [-0.2, 0) is 12.8 Å². The number of hydrogen-bond donors (Lipinski definition) is 0. The minimum atomic E-state index is -6.00. The Labute approximate surface area is 215 Å². The second-order valence-corrected chi connectivity index (χ2v) is 9.82. The third-order valence-electron chi connectivity index (χ3n) is 7.40. The number of halogens is 4. The molecule has 6 rings (SSSR count). The molecule has 1 fully saturated rings. The highest BCUT2D eigenvalue weighted by molar-refractivity contribution is 6.50. The van der Waals surface area contributed by atoms with Crippen LogP contribution in [0.5, 0.6) is 0 Å². The van der Waals surface area contributed by atoms with Crippen LogP contribution in [0.15, 0.2) is 91.0 Å². The number of aryl methyl sites for hydroxylation is 1. The van der Waals surface area contributed by atoms with Crippen LogP contribution in [0.2, 0.25) is 0 Å².